The van der Waals surface area contributed by atoms with Gasteiger partial charge in [-0.05, 0) is 57.2 Å². The molecular formula is C30H32N4O4. The number of aromatic nitrogens is 3. The molecule has 0 saturated heterocycles. The van der Waals surface area contributed by atoms with E-state index >= 15 is 0 Å². The first kappa shape index (κ1) is 25.4. The number of ether oxygens (including phenoxy) is 1. The number of carboxylic acids is 1. The summed E-state index contributed by atoms with van der Waals surface area (Å²) in [4.78, 5) is 29.2. The van der Waals surface area contributed by atoms with Crippen LogP contribution in [-0.2, 0) is 4.79 Å². The van der Waals surface area contributed by atoms with Crippen LogP contribution < -0.4 is 10.1 Å². The molecule has 196 valence electrons. The van der Waals surface area contributed by atoms with Crippen LogP contribution in [0.25, 0.3) is 22.2 Å². The summed E-state index contributed by atoms with van der Waals surface area (Å²) in [6.45, 7) is 4.57. The van der Waals surface area contributed by atoms with E-state index < -0.39 is 5.97 Å². The predicted octanol–water partition coefficient (Wildman–Crippen LogP) is 5.48. The average molecular weight is 513 g/mol. The quantitative estimate of drug-likeness (QED) is 0.324. The summed E-state index contributed by atoms with van der Waals surface area (Å²) in [6.07, 6.45) is 4.30. The van der Waals surface area contributed by atoms with Gasteiger partial charge in [0.15, 0.2) is 0 Å². The fraction of sp³-hybridized carbons (Fsp3) is 0.333. The van der Waals surface area contributed by atoms with E-state index in [-0.39, 0.29) is 23.9 Å². The van der Waals surface area contributed by atoms with Crippen molar-refractivity contribution in [2.24, 2.45) is 5.92 Å². The molecule has 1 amide bonds. The number of fused-ring (bicyclic) bond motifs is 1. The number of amides is 1. The number of hydrogen-bond donors (Lipinski definition) is 2. The Morgan fingerprint density at radius 2 is 1.79 bits per heavy atom. The standard InChI is InChI=1S/C30H32N4O4/c1-3-38-27-9-5-8-26(33-27)21-12-10-20(11-13-21)19(2)34-28-23(18-31-34)6-4-7-25(28)29(35)32-24-16-14-22(15-17-24)30(36)37/h4-13,18-19,22,24H,3,14-17H2,1-2H3,(H,32,35)(H,36,37). The molecule has 0 spiro atoms. The molecule has 0 bridgehead atoms. The van der Waals surface area contributed by atoms with E-state index in [0.29, 0.717) is 43.7 Å². The molecule has 1 unspecified atom stereocenters. The first-order valence-corrected chi connectivity index (χ1v) is 13.1. The van der Waals surface area contributed by atoms with Gasteiger partial charge in [0.2, 0.25) is 5.88 Å². The summed E-state index contributed by atoms with van der Waals surface area (Å²) in [5, 5.41) is 17.9. The van der Waals surface area contributed by atoms with Gasteiger partial charge in [0.05, 0.1) is 41.5 Å². The lowest BCUT2D eigenvalue weighted by molar-refractivity contribution is -0.142. The highest BCUT2D eigenvalue weighted by Gasteiger charge is 2.28. The Kier molecular flexibility index (Phi) is 7.40. The highest BCUT2D eigenvalue weighted by molar-refractivity contribution is 6.05. The fourth-order valence-electron chi connectivity index (χ4n) is 5.21. The lowest BCUT2D eigenvalue weighted by Crippen LogP contribution is -2.38. The second kappa shape index (κ2) is 11.0. The van der Waals surface area contributed by atoms with Crippen LogP contribution in [0.5, 0.6) is 5.88 Å². The number of nitrogens with zero attached hydrogens (tertiary/aromatic N) is 3. The molecule has 2 N–H and O–H groups in total. The minimum Gasteiger partial charge on any atom is -0.481 e. The molecule has 1 aliphatic rings. The van der Waals surface area contributed by atoms with Crippen molar-refractivity contribution in [3.63, 3.8) is 0 Å². The predicted molar refractivity (Wildman–Crippen MR) is 145 cm³/mol. The van der Waals surface area contributed by atoms with Gasteiger partial charge in [-0.1, -0.05) is 42.5 Å². The summed E-state index contributed by atoms with van der Waals surface area (Å²) in [7, 11) is 0. The first-order valence-electron chi connectivity index (χ1n) is 13.1. The number of hydrogen-bond acceptors (Lipinski definition) is 5. The van der Waals surface area contributed by atoms with Crippen molar-refractivity contribution < 1.29 is 19.4 Å². The SMILES string of the molecule is CCOc1cccc(-c2ccc(C(C)n3ncc4cccc(C(=O)NC5CCC(C(=O)O)CC5)c43)cc2)n1. The summed E-state index contributed by atoms with van der Waals surface area (Å²) >= 11 is 0. The van der Waals surface area contributed by atoms with E-state index in [1.807, 2.05) is 60.1 Å². The van der Waals surface area contributed by atoms with E-state index in [2.05, 4.69) is 34.5 Å². The summed E-state index contributed by atoms with van der Waals surface area (Å²) < 4.78 is 7.43. The monoisotopic (exact) mass is 512 g/mol. The van der Waals surface area contributed by atoms with Crippen molar-refractivity contribution in [3.8, 4) is 17.1 Å². The molecule has 1 fully saturated rings. The van der Waals surface area contributed by atoms with Gasteiger partial charge in [-0.15, -0.1) is 0 Å². The van der Waals surface area contributed by atoms with Gasteiger partial charge in [-0.2, -0.15) is 5.10 Å². The molecule has 1 atom stereocenters. The molecule has 1 aliphatic carbocycles. The van der Waals surface area contributed by atoms with Crippen LogP contribution >= 0.6 is 0 Å². The number of aliphatic carboxylic acids is 1. The number of carbonyl (C=O) groups excluding carboxylic acids is 1. The molecule has 8 nitrogen and oxygen atoms in total. The number of carboxylic acid groups (broad SMARTS) is 1. The van der Waals surface area contributed by atoms with E-state index in [1.165, 1.54) is 0 Å². The molecule has 1 saturated carbocycles. The Hall–Kier alpha value is -4.20. The molecule has 0 aliphatic heterocycles. The average Bonchev–Trinajstić information content (AvgIpc) is 3.38. The second-order valence-corrected chi connectivity index (χ2v) is 9.78. The molecule has 4 aromatic rings. The summed E-state index contributed by atoms with van der Waals surface area (Å²) in [6, 6.07) is 19.5. The van der Waals surface area contributed by atoms with Crippen LogP contribution in [0.1, 0.15) is 61.5 Å². The normalized spacial score (nSPS) is 18.2. The summed E-state index contributed by atoms with van der Waals surface area (Å²) in [5.74, 6) is -0.615. The Bertz CT molecular complexity index is 1440. The zero-order valence-corrected chi connectivity index (χ0v) is 21.6. The molecular weight excluding hydrogens is 480 g/mol. The van der Waals surface area contributed by atoms with Crippen molar-refractivity contribution in [1.82, 2.24) is 20.1 Å². The van der Waals surface area contributed by atoms with Gasteiger partial charge in [-0.25, -0.2) is 4.98 Å². The molecule has 5 rings (SSSR count). The minimum absolute atomic E-state index is 0.0236. The molecule has 2 heterocycles. The van der Waals surface area contributed by atoms with Gasteiger partial charge in [0.25, 0.3) is 5.91 Å². The molecule has 0 radical (unpaired) electrons. The molecule has 8 heteroatoms. The van der Waals surface area contributed by atoms with Crippen LogP contribution in [0.4, 0.5) is 0 Å². The second-order valence-electron chi connectivity index (χ2n) is 9.78. The smallest absolute Gasteiger partial charge is 0.306 e. The largest absolute Gasteiger partial charge is 0.481 e. The Balaban J connectivity index is 1.36. The third kappa shape index (κ3) is 5.25. The Morgan fingerprint density at radius 3 is 2.50 bits per heavy atom. The zero-order valence-electron chi connectivity index (χ0n) is 21.6. The van der Waals surface area contributed by atoms with Gasteiger partial charge < -0.3 is 15.2 Å². The maximum atomic E-state index is 13.3. The van der Waals surface area contributed by atoms with E-state index in [4.69, 9.17) is 4.74 Å². The van der Waals surface area contributed by atoms with Gasteiger partial charge in [0.1, 0.15) is 0 Å². The van der Waals surface area contributed by atoms with Crippen molar-refractivity contribution in [3.05, 3.63) is 78.0 Å². The Morgan fingerprint density at radius 1 is 1.05 bits per heavy atom. The number of pyridine rings is 1. The van der Waals surface area contributed by atoms with Gasteiger partial charge in [-0.3, -0.25) is 14.3 Å². The van der Waals surface area contributed by atoms with E-state index in [0.717, 1.165) is 27.7 Å². The van der Waals surface area contributed by atoms with Gasteiger partial charge in [0, 0.05) is 23.1 Å². The van der Waals surface area contributed by atoms with Crippen molar-refractivity contribution in [1.29, 1.82) is 0 Å². The minimum atomic E-state index is -0.749. The van der Waals surface area contributed by atoms with Crippen LogP contribution in [0.2, 0.25) is 0 Å². The number of para-hydroxylation sites is 1. The number of nitrogens with one attached hydrogen (secondary N) is 1. The lowest BCUT2D eigenvalue weighted by Gasteiger charge is -2.27. The van der Waals surface area contributed by atoms with Gasteiger partial charge >= 0.3 is 5.97 Å². The molecule has 2 aromatic carbocycles. The molecule has 38 heavy (non-hydrogen) atoms. The number of carbonyl (C=O) groups is 2. The maximum absolute atomic E-state index is 13.3. The Labute approximate surface area is 221 Å². The zero-order chi connectivity index (χ0) is 26.6. The van der Waals surface area contributed by atoms with Crippen LogP contribution in [0.3, 0.4) is 0 Å². The number of benzene rings is 2. The van der Waals surface area contributed by atoms with Crippen molar-refractivity contribution >= 4 is 22.8 Å². The lowest BCUT2D eigenvalue weighted by atomic mass is 9.86. The van der Waals surface area contributed by atoms with E-state index in [9.17, 15) is 14.7 Å². The van der Waals surface area contributed by atoms with Crippen LogP contribution in [-0.4, -0.2) is 44.4 Å². The van der Waals surface area contributed by atoms with Crippen LogP contribution in [0, 0.1) is 5.92 Å². The third-order valence-electron chi connectivity index (χ3n) is 7.35. The molecule has 2 aromatic heterocycles. The first-order chi connectivity index (χ1) is 18.4. The van der Waals surface area contributed by atoms with Crippen molar-refractivity contribution in [2.45, 2.75) is 51.6 Å². The van der Waals surface area contributed by atoms with E-state index in [1.54, 1.807) is 6.20 Å². The topological polar surface area (TPSA) is 106 Å². The highest BCUT2D eigenvalue weighted by Crippen LogP contribution is 2.29. The third-order valence-corrected chi connectivity index (χ3v) is 7.35. The maximum Gasteiger partial charge on any atom is 0.306 e. The fourth-order valence-corrected chi connectivity index (χ4v) is 5.21. The summed E-state index contributed by atoms with van der Waals surface area (Å²) in [5.41, 5.74) is 4.25. The van der Waals surface area contributed by atoms with Crippen molar-refractivity contribution in [2.75, 3.05) is 6.61 Å². The number of rotatable bonds is 8. The van der Waals surface area contributed by atoms with Crippen LogP contribution in [0.15, 0.2) is 66.9 Å². The highest BCUT2D eigenvalue weighted by atomic mass is 16.5.